The number of nitrogens with one attached hydrogen (secondary N) is 2. The predicted octanol–water partition coefficient (Wildman–Crippen LogP) is 0.128. The van der Waals surface area contributed by atoms with Crippen LogP contribution in [0.2, 0.25) is 0 Å². The van der Waals surface area contributed by atoms with Crippen molar-refractivity contribution in [3.63, 3.8) is 0 Å². The molecule has 17 heavy (non-hydrogen) atoms. The molecule has 0 aliphatic heterocycles. The zero-order chi connectivity index (χ0) is 13.6. The third-order valence-electron chi connectivity index (χ3n) is 2.26. The summed E-state index contributed by atoms with van der Waals surface area (Å²) in [5.74, 6) is -1.66. The fourth-order valence-electron chi connectivity index (χ4n) is 1.20. The number of carbonyl (C=O) groups is 3. The van der Waals surface area contributed by atoms with Crippen LogP contribution in [0.3, 0.4) is 0 Å². The maximum absolute atomic E-state index is 11.5. The number of carboxylic acid groups (broad SMARTS) is 1. The molecule has 0 aromatic heterocycles. The molecule has 0 fully saturated rings. The average molecular weight is 244 g/mol. The molecular formula is C11H20N2O4. The summed E-state index contributed by atoms with van der Waals surface area (Å²) in [6.07, 6.45) is -0.144. The maximum Gasteiger partial charge on any atom is 0.305 e. The van der Waals surface area contributed by atoms with Gasteiger partial charge in [0.2, 0.25) is 11.8 Å². The Hall–Kier alpha value is -1.59. The lowest BCUT2D eigenvalue weighted by Crippen LogP contribution is -2.48. The summed E-state index contributed by atoms with van der Waals surface area (Å²) in [6, 6.07) is -0.471. The van der Waals surface area contributed by atoms with Gasteiger partial charge in [0.15, 0.2) is 0 Å². The van der Waals surface area contributed by atoms with Crippen LogP contribution in [0.1, 0.15) is 34.1 Å². The zero-order valence-electron chi connectivity index (χ0n) is 10.7. The van der Waals surface area contributed by atoms with E-state index in [1.54, 1.807) is 0 Å². The van der Waals surface area contributed by atoms with Crippen molar-refractivity contribution in [1.29, 1.82) is 0 Å². The lowest BCUT2D eigenvalue weighted by Gasteiger charge is -2.30. The van der Waals surface area contributed by atoms with Gasteiger partial charge in [0.1, 0.15) is 0 Å². The van der Waals surface area contributed by atoms with E-state index in [-0.39, 0.29) is 30.2 Å². The van der Waals surface area contributed by atoms with E-state index in [0.717, 1.165) is 0 Å². The van der Waals surface area contributed by atoms with Crippen LogP contribution < -0.4 is 10.6 Å². The first kappa shape index (κ1) is 15.4. The number of rotatable bonds is 5. The molecule has 6 heteroatoms. The number of aliphatic carboxylic acids is 1. The summed E-state index contributed by atoms with van der Waals surface area (Å²) in [5.41, 5.74) is -0.357. The molecule has 0 bridgehead atoms. The molecule has 0 saturated carbocycles. The molecule has 0 heterocycles. The largest absolute Gasteiger partial charge is 0.481 e. The quantitative estimate of drug-likeness (QED) is 0.640. The molecule has 1 unspecified atom stereocenters. The summed E-state index contributed by atoms with van der Waals surface area (Å²) in [4.78, 5) is 32.8. The van der Waals surface area contributed by atoms with Crippen LogP contribution in [0.5, 0.6) is 0 Å². The first-order chi connectivity index (χ1) is 7.62. The van der Waals surface area contributed by atoms with E-state index in [1.807, 2.05) is 20.8 Å². The number of amides is 2. The van der Waals surface area contributed by atoms with Crippen molar-refractivity contribution in [1.82, 2.24) is 10.6 Å². The van der Waals surface area contributed by atoms with Gasteiger partial charge in [0.25, 0.3) is 0 Å². The van der Waals surface area contributed by atoms with E-state index in [4.69, 9.17) is 5.11 Å². The summed E-state index contributed by atoms with van der Waals surface area (Å²) in [7, 11) is 0. The molecule has 0 aliphatic rings. The zero-order valence-corrected chi connectivity index (χ0v) is 10.7. The first-order valence-electron chi connectivity index (χ1n) is 5.38. The van der Waals surface area contributed by atoms with E-state index in [9.17, 15) is 14.4 Å². The Labute approximate surface area is 101 Å². The third-order valence-corrected chi connectivity index (χ3v) is 2.26. The SMILES string of the molecule is CC(=O)NCC(=O)NC(CC(=O)O)C(C)(C)C. The molecule has 0 aromatic carbocycles. The second-order valence-corrected chi connectivity index (χ2v) is 4.99. The Morgan fingerprint density at radius 1 is 1.24 bits per heavy atom. The fraction of sp³-hybridized carbons (Fsp3) is 0.727. The lowest BCUT2D eigenvalue weighted by atomic mass is 9.84. The van der Waals surface area contributed by atoms with Gasteiger partial charge >= 0.3 is 5.97 Å². The highest BCUT2D eigenvalue weighted by Crippen LogP contribution is 2.21. The molecule has 0 aromatic rings. The van der Waals surface area contributed by atoms with Crippen molar-refractivity contribution < 1.29 is 19.5 Å². The van der Waals surface area contributed by atoms with Crippen LogP contribution in [0.4, 0.5) is 0 Å². The van der Waals surface area contributed by atoms with Gasteiger partial charge in [-0.25, -0.2) is 0 Å². The Morgan fingerprint density at radius 2 is 1.76 bits per heavy atom. The van der Waals surface area contributed by atoms with E-state index >= 15 is 0 Å². The van der Waals surface area contributed by atoms with E-state index in [0.29, 0.717) is 0 Å². The Bertz CT molecular complexity index is 307. The minimum absolute atomic E-state index is 0.137. The van der Waals surface area contributed by atoms with Crippen molar-refractivity contribution in [2.24, 2.45) is 5.41 Å². The molecule has 0 spiro atoms. The summed E-state index contributed by atoms with van der Waals surface area (Å²) < 4.78 is 0. The van der Waals surface area contributed by atoms with Crippen LogP contribution in [0.15, 0.2) is 0 Å². The standard InChI is InChI=1S/C11H20N2O4/c1-7(14)12-6-9(15)13-8(5-10(16)17)11(2,3)4/h8H,5-6H2,1-4H3,(H,12,14)(H,13,15)(H,16,17). The summed E-state index contributed by atoms with van der Waals surface area (Å²) in [6.45, 7) is 6.71. The maximum atomic E-state index is 11.5. The summed E-state index contributed by atoms with van der Waals surface area (Å²) >= 11 is 0. The molecule has 98 valence electrons. The minimum Gasteiger partial charge on any atom is -0.481 e. The van der Waals surface area contributed by atoms with Crippen molar-refractivity contribution in [3.8, 4) is 0 Å². The van der Waals surface area contributed by atoms with Crippen LogP contribution in [0, 0.1) is 5.41 Å². The van der Waals surface area contributed by atoms with Gasteiger partial charge < -0.3 is 15.7 Å². The monoisotopic (exact) mass is 244 g/mol. The Morgan fingerprint density at radius 3 is 2.12 bits per heavy atom. The number of hydrogen-bond acceptors (Lipinski definition) is 3. The molecule has 0 saturated heterocycles. The highest BCUT2D eigenvalue weighted by atomic mass is 16.4. The van der Waals surface area contributed by atoms with Gasteiger partial charge in [-0.05, 0) is 5.41 Å². The second-order valence-electron chi connectivity index (χ2n) is 4.99. The molecule has 1 atom stereocenters. The van der Waals surface area contributed by atoms with E-state index < -0.39 is 12.0 Å². The van der Waals surface area contributed by atoms with Gasteiger partial charge in [0, 0.05) is 13.0 Å². The van der Waals surface area contributed by atoms with E-state index in [1.165, 1.54) is 6.92 Å². The smallest absolute Gasteiger partial charge is 0.305 e. The number of hydrogen-bond donors (Lipinski definition) is 3. The normalized spacial score (nSPS) is 12.7. The van der Waals surface area contributed by atoms with Gasteiger partial charge in [-0.1, -0.05) is 20.8 Å². The summed E-state index contributed by atoms with van der Waals surface area (Å²) in [5, 5.41) is 13.7. The molecule has 3 N–H and O–H groups in total. The van der Waals surface area contributed by atoms with Gasteiger partial charge in [-0.15, -0.1) is 0 Å². The Kier molecular flexibility index (Phi) is 5.64. The van der Waals surface area contributed by atoms with Crippen LogP contribution >= 0.6 is 0 Å². The van der Waals surface area contributed by atoms with Gasteiger partial charge in [0.05, 0.1) is 13.0 Å². The highest BCUT2D eigenvalue weighted by Gasteiger charge is 2.28. The van der Waals surface area contributed by atoms with Gasteiger partial charge in [-0.3, -0.25) is 14.4 Å². The van der Waals surface area contributed by atoms with Crippen LogP contribution in [-0.2, 0) is 14.4 Å². The average Bonchev–Trinajstić information content (AvgIpc) is 2.11. The number of carboxylic acids is 1. The molecule has 0 aliphatic carbocycles. The van der Waals surface area contributed by atoms with E-state index in [2.05, 4.69) is 10.6 Å². The fourth-order valence-corrected chi connectivity index (χ4v) is 1.20. The molecule has 0 radical (unpaired) electrons. The highest BCUT2D eigenvalue weighted by molar-refractivity contribution is 5.84. The van der Waals surface area contributed by atoms with Crippen molar-refractivity contribution in [3.05, 3.63) is 0 Å². The molecule has 0 rings (SSSR count). The first-order valence-corrected chi connectivity index (χ1v) is 5.38. The van der Waals surface area contributed by atoms with Crippen molar-refractivity contribution >= 4 is 17.8 Å². The van der Waals surface area contributed by atoms with Crippen LogP contribution in [0.25, 0.3) is 0 Å². The number of carbonyl (C=O) groups excluding carboxylic acids is 2. The molecule has 6 nitrogen and oxygen atoms in total. The molecule has 2 amide bonds. The molecular weight excluding hydrogens is 224 g/mol. The lowest BCUT2D eigenvalue weighted by molar-refractivity contribution is -0.138. The van der Waals surface area contributed by atoms with Crippen LogP contribution in [-0.4, -0.2) is 35.5 Å². The Balaban J connectivity index is 4.38. The predicted molar refractivity (Wildman–Crippen MR) is 62.3 cm³/mol. The topological polar surface area (TPSA) is 95.5 Å². The van der Waals surface area contributed by atoms with Crippen molar-refractivity contribution in [2.45, 2.75) is 40.2 Å². The second kappa shape index (κ2) is 6.22. The third kappa shape index (κ3) is 7.32. The van der Waals surface area contributed by atoms with Crippen molar-refractivity contribution in [2.75, 3.05) is 6.54 Å². The minimum atomic E-state index is -0.968. The van der Waals surface area contributed by atoms with Gasteiger partial charge in [-0.2, -0.15) is 0 Å².